The van der Waals surface area contributed by atoms with Crippen LogP contribution in [0.3, 0.4) is 0 Å². The summed E-state index contributed by atoms with van der Waals surface area (Å²) in [5, 5.41) is 20.2. The van der Waals surface area contributed by atoms with Crippen LogP contribution in [0.5, 0.6) is 0 Å². The van der Waals surface area contributed by atoms with E-state index < -0.39 is 12.2 Å². The minimum absolute atomic E-state index is 0.342. The van der Waals surface area contributed by atoms with Gasteiger partial charge in [0.1, 0.15) is 0 Å². The van der Waals surface area contributed by atoms with E-state index in [-0.39, 0.29) is 0 Å². The lowest BCUT2D eigenvalue weighted by Gasteiger charge is -2.44. The van der Waals surface area contributed by atoms with Crippen molar-refractivity contribution in [3.8, 4) is 0 Å². The van der Waals surface area contributed by atoms with Crippen LogP contribution in [0, 0.1) is 23.2 Å². The summed E-state index contributed by atoms with van der Waals surface area (Å²) in [6.07, 6.45) is 12.8. The molecule has 3 aliphatic carbocycles. The van der Waals surface area contributed by atoms with Crippen molar-refractivity contribution in [2.45, 2.75) is 90.8 Å². The lowest BCUT2D eigenvalue weighted by Crippen LogP contribution is -2.37. The van der Waals surface area contributed by atoms with Gasteiger partial charge in [0.2, 0.25) is 0 Å². The summed E-state index contributed by atoms with van der Waals surface area (Å²) in [5.74, 6) is 1.89. The van der Waals surface area contributed by atoms with Gasteiger partial charge < -0.3 is 14.9 Å². The number of rotatable bonds is 8. The Hall–Kier alpha value is -1.16. The van der Waals surface area contributed by atoms with Gasteiger partial charge in [0, 0.05) is 13.0 Å². The average Bonchev–Trinajstić information content (AvgIpc) is 3.07. The van der Waals surface area contributed by atoms with Crippen LogP contribution in [0.2, 0.25) is 0 Å². The number of ether oxygens (including phenoxy) is 1. The first-order valence-corrected chi connectivity index (χ1v) is 12.5. The van der Waals surface area contributed by atoms with Crippen molar-refractivity contribution in [3.63, 3.8) is 0 Å². The van der Waals surface area contributed by atoms with Crippen molar-refractivity contribution in [3.05, 3.63) is 47.6 Å². The van der Waals surface area contributed by atoms with Gasteiger partial charge in [0.15, 0.2) is 0 Å². The van der Waals surface area contributed by atoms with Crippen LogP contribution in [0.1, 0.15) is 78.6 Å². The Bertz CT molecular complexity index is 718. The van der Waals surface area contributed by atoms with Crippen molar-refractivity contribution in [1.82, 2.24) is 0 Å². The van der Waals surface area contributed by atoms with E-state index >= 15 is 0 Å². The Morgan fingerprint density at radius 1 is 1.29 bits per heavy atom. The Balaban J connectivity index is 1.66. The first-order valence-electron chi connectivity index (χ1n) is 12.5. The number of aliphatic hydroxyl groups is 2. The molecular weight excluding hydrogens is 384 g/mol. The molecule has 0 aliphatic heterocycles. The maximum atomic E-state index is 10.1. The largest absolute Gasteiger partial charge is 0.393 e. The highest BCUT2D eigenvalue weighted by atomic mass is 16.5. The summed E-state index contributed by atoms with van der Waals surface area (Å²) in [6, 6.07) is 0. The summed E-state index contributed by atoms with van der Waals surface area (Å²) in [7, 11) is 0. The van der Waals surface area contributed by atoms with Crippen molar-refractivity contribution in [2.24, 2.45) is 23.2 Å². The van der Waals surface area contributed by atoms with Crippen LogP contribution in [0.4, 0.5) is 0 Å². The maximum absolute atomic E-state index is 10.1. The molecule has 0 aromatic rings. The normalized spacial score (nSPS) is 37.3. The van der Waals surface area contributed by atoms with Crippen LogP contribution < -0.4 is 0 Å². The van der Waals surface area contributed by atoms with E-state index in [4.69, 9.17) is 4.74 Å². The molecule has 0 amide bonds. The zero-order valence-electron chi connectivity index (χ0n) is 20.0. The van der Waals surface area contributed by atoms with Crippen molar-refractivity contribution in [1.29, 1.82) is 0 Å². The molecule has 2 N–H and O–H groups in total. The average molecular weight is 429 g/mol. The van der Waals surface area contributed by atoms with Crippen LogP contribution in [0.25, 0.3) is 0 Å². The summed E-state index contributed by atoms with van der Waals surface area (Å²) < 4.78 is 6.05. The lowest BCUT2D eigenvalue weighted by atomic mass is 9.61. The molecule has 174 valence electrons. The second-order valence-electron chi connectivity index (χ2n) is 10.7. The van der Waals surface area contributed by atoms with E-state index in [1.54, 1.807) is 5.57 Å². The van der Waals surface area contributed by atoms with Gasteiger partial charge in [-0.3, -0.25) is 0 Å². The van der Waals surface area contributed by atoms with E-state index in [9.17, 15) is 10.2 Å². The fourth-order valence-corrected chi connectivity index (χ4v) is 6.61. The molecule has 0 heterocycles. The second kappa shape index (κ2) is 10.6. The first kappa shape index (κ1) is 24.5. The van der Waals surface area contributed by atoms with Crippen LogP contribution in [-0.4, -0.2) is 35.6 Å². The molecule has 0 saturated heterocycles. The predicted octanol–water partition coefficient (Wildman–Crippen LogP) is 6.14. The van der Waals surface area contributed by atoms with Gasteiger partial charge in [-0.1, -0.05) is 63.6 Å². The molecule has 0 radical (unpaired) electrons. The predicted molar refractivity (Wildman–Crippen MR) is 129 cm³/mol. The van der Waals surface area contributed by atoms with Crippen LogP contribution in [-0.2, 0) is 4.74 Å². The van der Waals surface area contributed by atoms with Crippen molar-refractivity contribution >= 4 is 0 Å². The van der Waals surface area contributed by atoms with Gasteiger partial charge >= 0.3 is 0 Å². The summed E-state index contributed by atoms with van der Waals surface area (Å²) in [6.45, 7) is 16.8. The Labute approximate surface area is 190 Å². The molecule has 0 aromatic carbocycles. The molecule has 0 unspecified atom stereocenters. The molecule has 3 heteroatoms. The molecule has 6 atom stereocenters. The molecule has 3 saturated carbocycles. The Morgan fingerprint density at radius 2 is 2.06 bits per heavy atom. The molecule has 3 aliphatic rings. The van der Waals surface area contributed by atoms with E-state index in [0.717, 1.165) is 37.0 Å². The van der Waals surface area contributed by atoms with E-state index in [2.05, 4.69) is 46.1 Å². The van der Waals surface area contributed by atoms with E-state index in [1.807, 2.05) is 0 Å². The zero-order valence-corrected chi connectivity index (χ0v) is 20.0. The molecule has 0 spiro atoms. The molecule has 0 aromatic heterocycles. The third-order valence-corrected chi connectivity index (χ3v) is 8.28. The highest BCUT2D eigenvalue weighted by molar-refractivity contribution is 5.38. The highest BCUT2D eigenvalue weighted by Crippen LogP contribution is 2.59. The topological polar surface area (TPSA) is 49.7 Å². The van der Waals surface area contributed by atoms with Gasteiger partial charge in [-0.05, 0) is 79.3 Å². The smallest absolute Gasteiger partial charge is 0.0811 e. The molecule has 3 rings (SSSR count). The fraction of sp³-hybridized carbons (Fsp3) is 0.714. The lowest BCUT2D eigenvalue weighted by molar-refractivity contribution is 0.0408. The standard InChI is InChI=1S/C28H44O3/c1-6-8-19(2)17-31-18-20(3)25-12-13-26-22(9-7-14-28(25,26)5)10-11-23-15-24(29)16-27(30)21(23)4/h10-11,20,24-27,29-30H,2,4,6-9,12-18H2,1,3,5H3/b22-10+,23-11-/t20-,24-,25-,26+,27+,28-/m1/s1. The Morgan fingerprint density at radius 3 is 2.81 bits per heavy atom. The van der Waals surface area contributed by atoms with Crippen molar-refractivity contribution in [2.75, 3.05) is 13.2 Å². The monoisotopic (exact) mass is 428 g/mol. The maximum Gasteiger partial charge on any atom is 0.0811 e. The molecule has 3 fully saturated rings. The molecular formula is C28H44O3. The molecule has 31 heavy (non-hydrogen) atoms. The third kappa shape index (κ3) is 5.61. The van der Waals surface area contributed by atoms with Gasteiger partial charge in [-0.2, -0.15) is 0 Å². The van der Waals surface area contributed by atoms with Gasteiger partial charge in [0.25, 0.3) is 0 Å². The van der Waals surface area contributed by atoms with E-state index in [1.165, 1.54) is 31.3 Å². The van der Waals surface area contributed by atoms with Gasteiger partial charge in [-0.25, -0.2) is 0 Å². The Kier molecular flexibility index (Phi) is 8.40. The highest BCUT2D eigenvalue weighted by Gasteiger charge is 2.50. The zero-order chi connectivity index (χ0) is 22.6. The van der Waals surface area contributed by atoms with Gasteiger partial charge in [0.05, 0.1) is 18.8 Å². The quantitative estimate of drug-likeness (QED) is 0.457. The van der Waals surface area contributed by atoms with Crippen LogP contribution >= 0.6 is 0 Å². The van der Waals surface area contributed by atoms with E-state index in [0.29, 0.717) is 42.6 Å². The summed E-state index contributed by atoms with van der Waals surface area (Å²) >= 11 is 0. The minimum Gasteiger partial charge on any atom is -0.393 e. The number of fused-ring (bicyclic) bond motifs is 1. The third-order valence-electron chi connectivity index (χ3n) is 8.28. The molecule has 0 bridgehead atoms. The second-order valence-corrected chi connectivity index (χ2v) is 10.7. The van der Waals surface area contributed by atoms with Crippen LogP contribution in [0.15, 0.2) is 47.6 Å². The number of allylic oxidation sites excluding steroid dienone is 3. The molecule has 3 nitrogen and oxygen atoms in total. The first-order chi connectivity index (χ1) is 14.8. The summed E-state index contributed by atoms with van der Waals surface area (Å²) in [5.41, 5.74) is 4.89. The minimum atomic E-state index is -0.616. The SMILES string of the molecule is C=C(CCC)COC[C@@H](C)[C@H]1CC[C@H]2/C(=C/C=C3/C[C@@H](O)C[C@H](O)C3=C)CCC[C@]12C. The summed E-state index contributed by atoms with van der Waals surface area (Å²) in [4.78, 5) is 0. The van der Waals surface area contributed by atoms with Crippen molar-refractivity contribution < 1.29 is 14.9 Å². The number of aliphatic hydroxyl groups excluding tert-OH is 2. The number of hydrogen-bond acceptors (Lipinski definition) is 3. The number of hydrogen-bond donors (Lipinski definition) is 2. The van der Waals surface area contributed by atoms with Gasteiger partial charge in [-0.15, -0.1) is 0 Å². The fourth-order valence-electron chi connectivity index (χ4n) is 6.61.